The summed E-state index contributed by atoms with van der Waals surface area (Å²) in [6.07, 6.45) is 2.02. The van der Waals surface area contributed by atoms with E-state index in [1.165, 1.54) is 0 Å². The maximum Gasteiger partial charge on any atom is 0.315 e. The molecule has 1 rings (SSSR count). The van der Waals surface area contributed by atoms with Crippen LogP contribution in [0.4, 0.5) is 4.79 Å². The molecule has 0 radical (unpaired) electrons. The van der Waals surface area contributed by atoms with Crippen LogP contribution in [0.5, 0.6) is 0 Å². The van der Waals surface area contributed by atoms with Gasteiger partial charge in [0.1, 0.15) is 0 Å². The molecule has 1 fully saturated rings. The van der Waals surface area contributed by atoms with E-state index < -0.39 is 11.5 Å². The van der Waals surface area contributed by atoms with Gasteiger partial charge in [0.05, 0.1) is 6.42 Å². The van der Waals surface area contributed by atoms with Gasteiger partial charge in [0.15, 0.2) is 0 Å². The van der Waals surface area contributed by atoms with E-state index in [2.05, 4.69) is 29.5 Å². The number of nitrogens with zero attached hydrogens (tertiary/aromatic N) is 1. The predicted molar refractivity (Wildman–Crippen MR) is 77.7 cm³/mol. The van der Waals surface area contributed by atoms with Crippen molar-refractivity contribution < 1.29 is 14.7 Å². The predicted octanol–water partition coefficient (Wildman–Crippen LogP) is 1.27. The highest BCUT2D eigenvalue weighted by molar-refractivity contribution is 5.76. The average molecular weight is 285 g/mol. The van der Waals surface area contributed by atoms with Crippen molar-refractivity contribution in [1.29, 1.82) is 0 Å². The van der Waals surface area contributed by atoms with E-state index in [9.17, 15) is 9.59 Å². The summed E-state index contributed by atoms with van der Waals surface area (Å²) in [4.78, 5) is 24.9. The van der Waals surface area contributed by atoms with E-state index in [-0.39, 0.29) is 17.9 Å². The maximum atomic E-state index is 11.9. The number of carboxylic acids is 1. The van der Waals surface area contributed by atoms with Gasteiger partial charge >= 0.3 is 12.0 Å². The third-order valence-corrected chi connectivity index (χ3v) is 3.91. The van der Waals surface area contributed by atoms with Gasteiger partial charge in [0.2, 0.25) is 0 Å². The number of hydrogen-bond acceptors (Lipinski definition) is 3. The Hall–Kier alpha value is -1.30. The first-order valence-electron chi connectivity index (χ1n) is 7.08. The zero-order valence-corrected chi connectivity index (χ0v) is 13.0. The normalized spacial score (nSPS) is 19.4. The molecule has 3 N–H and O–H groups in total. The summed E-state index contributed by atoms with van der Waals surface area (Å²) in [5.41, 5.74) is -0.621. The van der Waals surface area contributed by atoms with Crippen LogP contribution in [0.15, 0.2) is 0 Å². The van der Waals surface area contributed by atoms with Crippen LogP contribution in [0.25, 0.3) is 0 Å². The van der Waals surface area contributed by atoms with Crippen molar-refractivity contribution in [2.45, 2.75) is 45.6 Å². The quantitative estimate of drug-likeness (QED) is 0.710. The van der Waals surface area contributed by atoms with E-state index in [1.807, 2.05) is 0 Å². The fourth-order valence-electron chi connectivity index (χ4n) is 2.40. The van der Waals surface area contributed by atoms with Crippen LogP contribution in [-0.4, -0.2) is 54.2 Å². The van der Waals surface area contributed by atoms with Gasteiger partial charge in [-0.2, -0.15) is 0 Å². The Morgan fingerprint density at radius 2 is 1.85 bits per heavy atom. The number of carboxylic acid groups (broad SMARTS) is 1. The zero-order chi connectivity index (χ0) is 15.4. The molecule has 1 aliphatic rings. The molecule has 0 spiro atoms. The lowest BCUT2D eigenvalue weighted by Crippen LogP contribution is -2.52. The molecule has 6 heteroatoms. The lowest BCUT2D eigenvalue weighted by atomic mass is 9.80. The molecule has 0 aliphatic carbocycles. The highest BCUT2D eigenvalue weighted by atomic mass is 16.4. The summed E-state index contributed by atoms with van der Waals surface area (Å²) < 4.78 is 0. The van der Waals surface area contributed by atoms with E-state index in [0.29, 0.717) is 6.54 Å². The molecule has 0 bridgehead atoms. The largest absolute Gasteiger partial charge is 0.481 e. The number of rotatable bonds is 5. The lowest BCUT2D eigenvalue weighted by Gasteiger charge is -2.38. The number of urea groups is 1. The molecule has 0 aromatic carbocycles. The Bertz CT molecular complexity index is 361. The lowest BCUT2D eigenvalue weighted by molar-refractivity contribution is -0.138. The van der Waals surface area contributed by atoms with Crippen LogP contribution in [0, 0.1) is 5.41 Å². The van der Waals surface area contributed by atoms with Gasteiger partial charge in [-0.3, -0.25) is 4.79 Å². The van der Waals surface area contributed by atoms with Gasteiger partial charge in [-0.1, -0.05) is 6.92 Å². The van der Waals surface area contributed by atoms with E-state index in [4.69, 9.17) is 5.11 Å². The van der Waals surface area contributed by atoms with Crippen molar-refractivity contribution in [3.05, 3.63) is 0 Å². The van der Waals surface area contributed by atoms with E-state index in [0.717, 1.165) is 25.9 Å². The van der Waals surface area contributed by atoms with Gasteiger partial charge in [-0.25, -0.2) is 4.79 Å². The van der Waals surface area contributed by atoms with Gasteiger partial charge in [-0.05, 0) is 52.2 Å². The molecule has 6 nitrogen and oxygen atoms in total. The molecule has 1 aliphatic heterocycles. The second-order valence-corrected chi connectivity index (χ2v) is 6.88. The van der Waals surface area contributed by atoms with Crippen LogP contribution >= 0.6 is 0 Å². The minimum Gasteiger partial charge on any atom is -0.481 e. The fraction of sp³-hybridized carbons (Fsp3) is 0.857. The molecule has 116 valence electrons. The fourth-order valence-corrected chi connectivity index (χ4v) is 2.40. The summed E-state index contributed by atoms with van der Waals surface area (Å²) in [5.74, 6) is -0.919. The molecule has 0 saturated carbocycles. The third kappa shape index (κ3) is 5.77. The summed E-state index contributed by atoms with van der Waals surface area (Å²) in [6, 6.07) is -0.295. The second kappa shape index (κ2) is 6.43. The Labute approximate surface area is 120 Å². The standard InChI is InChI=1S/C14H27N3O3/c1-13(2,9-11(18)19)16-12(20)15-10-14(3)5-7-17(4)8-6-14/h5-10H2,1-4H3,(H,18,19)(H2,15,16,20). The Morgan fingerprint density at radius 3 is 2.35 bits per heavy atom. The zero-order valence-electron chi connectivity index (χ0n) is 13.0. The summed E-state index contributed by atoms with van der Waals surface area (Å²) in [6.45, 7) is 8.31. The van der Waals surface area contributed by atoms with Crippen LogP contribution < -0.4 is 10.6 Å². The molecule has 0 atom stereocenters. The first-order chi connectivity index (χ1) is 9.12. The molecular weight excluding hydrogens is 258 g/mol. The van der Waals surface area contributed by atoms with Gasteiger partial charge in [0, 0.05) is 12.1 Å². The van der Waals surface area contributed by atoms with E-state index >= 15 is 0 Å². The van der Waals surface area contributed by atoms with Gasteiger partial charge in [-0.15, -0.1) is 0 Å². The van der Waals surface area contributed by atoms with Crippen molar-refractivity contribution >= 4 is 12.0 Å². The number of carbonyl (C=O) groups is 2. The summed E-state index contributed by atoms with van der Waals surface area (Å²) in [7, 11) is 2.11. The van der Waals surface area contributed by atoms with Crippen molar-refractivity contribution in [3.63, 3.8) is 0 Å². The smallest absolute Gasteiger partial charge is 0.315 e. The molecule has 0 aromatic heterocycles. The molecule has 1 heterocycles. The van der Waals surface area contributed by atoms with Crippen molar-refractivity contribution in [2.24, 2.45) is 5.41 Å². The Morgan fingerprint density at radius 1 is 1.30 bits per heavy atom. The molecule has 0 unspecified atom stereocenters. The topological polar surface area (TPSA) is 81.7 Å². The number of aliphatic carboxylic acids is 1. The average Bonchev–Trinajstić information content (AvgIpc) is 2.29. The third-order valence-electron chi connectivity index (χ3n) is 3.91. The highest BCUT2D eigenvalue weighted by Gasteiger charge is 2.30. The first kappa shape index (κ1) is 16.8. The van der Waals surface area contributed by atoms with Crippen molar-refractivity contribution in [1.82, 2.24) is 15.5 Å². The maximum absolute atomic E-state index is 11.9. The highest BCUT2D eigenvalue weighted by Crippen LogP contribution is 2.29. The van der Waals surface area contributed by atoms with E-state index in [1.54, 1.807) is 13.8 Å². The van der Waals surface area contributed by atoms with Crippen molar-refractivity contribution in [3.8, 4) is 0 Å². The number of carbonyl (C=O) groups excluding carboxylic acids is 1. The molecular formula is C14H27N3O3. The molecule has 20 heavy (non-hydrogen) atoms. The van der Waals surface area contributed by atoms with Gasteiger partial charge in [0.25, 0.3) is 0 Å². The monoisotopic (exact) mass is 285 g/mol. The number of nitrogens with one attached hydrogen (secondary N) is 2. The minimum atomic E-state index is -0.919. The van der Waals surface area contributed by atoms with Crippen LogP contribution in [0.3, 0.4) is 0 Å². The SMILES string of the molecule is CN1CCC(C)(CNC(=O)NC(C)(C)CC(=O)O)CC1. The van der Waals surface area contributed by atoms with Crippen LogP contribution in [0.1, 0.15) is 40.0 Å². The van der Waals surface area contributed by atoms with Crippen LogP contribution in [0.2, 0.25) is 0 Å². The van der Waals surface area contributed by atoms with Crippen molar-refractivity contribution in [2.75, 3.05) is 26.7 Å². The Balaban J connectivity index is 2.38. The number of likely N-dealkylation sites (tertiary alicyclic amines) is 1. The van der Waals surface area contributed by atoms with Gasteiger partial charge < -0.3 is 20.6 Å². The minimum absolute atomic E-state index is 0.0948. The number of piperidine rings is 1. The summed E-state index contributed by atoms with van der Waals surface area (Å²) >= 11 is 0. The molecule has 2 amide bonds. The number of amides is 2. The summed E-state index contributed by atoms with van der Waals surface area (Å²) in [5, 5.41) is 14.4. The van der Waals surface area contributed by atoms with Crippen LogP contribution in [-0.2, 0) is 4.79 Å². The molecule has 1 saturated heterocycles. The second-order valence-electron chi connectivity index (χ2n) is 6.88. The molecule has 0 aromatic rings. The number of hydrogen-bond donors (Lipinski definition) is 3. The first-order valence-corrected chi connectivity index (χ1v) is 7.08. The Kier molecular flexibility index (Phi) is 5.39.